The topological polar surface area (TPSA) is 81.2 Å². The summed E-state index contributed by atoms with van der Waals surface area (Å²) in [6.07, 6.45) is 0.510. The van der Waals surface area contributed by atoms with Crippen LogP contribution in [0.3, 0.4) is 0 Å². The third-order valence-electron chi connectivity index (χ3n) is 5.35. The average molecular weight is 423 g/mol. The van der Waals surface area contributed by atoms with E-state index in [9.17, 15) is 4.79 Å². The van der Waals surface area contributed by atoms with Gasteiger partial charge in [0.1, 0.15) is 5.58 Å². The van der Waals surface area contributed by atoms with E-state index in [4.69, 9.17) is 8.83 Å². The van der Waals surface area contributed by atoms with Gasteiger partial charge in [0.15, 0.2) is 5.76 Å². The van der Waals surface area contributed by atoms with Crippen LogP contribution in [0.4, 0.5) is 5.69 Å². The van der Waals surface area contributed by atoms with Crippen molar-refractivity contribution in [2.24, 2.45) is 0 Å². The first-order valence-electron chi connectivity index (χ1n) is 10.3. The van der Waals surface area contributed by atoms with Crippen molar-refractivity contribution < 1.29 is 13.6 Å². The molecule has 0 spiro atoms. The monoisotopic (exact) mass is 423 g/mol. The summed E-state index contributed by atoms with van der Waals surface area (Å²) >= 11 is 0. The smallest absolute Gasteiger partial charge is 0.291 e. The fourth-order valence-corrected chi connectivity index (χ4v) is 3.64. The van der Waals surface area contributed by atoms with Crippen LogP contribution in [0.2, 0.25) is 0 Å². The Morgan fingerprint density at radius 1 is 0.906 bits per heavy atom. The number of nitrogens with one attached hydrogen (secondary N) is 1. The lowest BCUT2D eigenvalue weighted by atomic mass is 10.1. The van der Waals surface area contributed by atoms with Crippen molar-refractivity contribution in [3.8, 4) is 11.5 Å². The molecule has 3 aromatic carbocycles. The van der Waals surface area contributed by atoms with Crippen molar-refractivity contribution in [2.45, 2.75) is 20.3 Å². The molecule has 0 atom stereocenters. The number of carbonyl (C=O) groups is 1. The molecular formula is C26H21N3O3. The third-order valence-corrected chi connectivity index (χ3v) is 5.35. The third kappa shape index (κ3) is 3.90. The molecule has 158 valence electrons. The van der Waals surface area contributed by atoms with Crippen LogP contribution in [0.5, 0.6) is 0 Å². The van der Waals surface area contributed by atoms with Crippen molar-refractivity contribution in [1.29, 1.82) is 0 Å². The van der Waals surface area contributed by atoms with Gasteiger partial charge < -0.3 is 14.2 Å². The van der Waals surface area contributed by atoms with Crippen molar-refractivity contribution in [2.75, 3.05) is 5.32 Å². The van der Waals surface area contributed by atoms with Crippen LogP contribution in [0.25, 0.3) is 22.4 Å². The summed E-state index contributed by atoms with van der Waals surface area (Å²) < 4.78 is 11.6. The molecule has 0 aliphatic heterocycles. The molecule has 0 unspecified atom stereocenters. The van der Waals surface area contributed by atoms with Crippen molar-refractivity contribution in [1.82, 2.24) is 10.2 Å². The van der Waals surface area contributed by atoms with E-state index in [1.54, 1.807) is 0 Å². The van der Waals surface area contributed by atoms with Gasteiger partial charge in [0, 0.05) is 22.2 Å². The van der Waals surface area contributed by atoms with Gasteiger partial charge in [-0.2, -0.15) is 0 Å². The number of amides is 1. The molecule has 0 radical (unpaired) electrons. The predicted molar refractivity (Wildman–Crippen MR) is 123 cm³/mol. The van der Waals surface area contributed by atoms with Crippen molar-refractivity contribution >= 4 is 22.6 Å². The summed E-state index contributed by atoms with van der Waals surface area (Å²) in [6.45, 7) is 3.89. The molecule has 6 nitrogen and oxygen atoms in total. The quantitative estimate of drug-likeness (QED) is 0.378. The molecule has 0 saturated heterocycles. The van der Waals surface area contributed by atoms with E-state index in [0.29, 0.717) is 29.6 Å². The second kappa shape index (κ2) is 8.15. The number of rotatable bonds is 5. The number of aryl methyl sites for hydroxylation is 2. The predicted octanol–water partition coefficient (Wildman–Crippen LogP) is 5.94. The Balaban J connectivity index is 1.28. The average Bonchev–Trinajstić information content (AvgIpc) is 3.40. The largest absolute Gasteiger partial charge is 0.451 e. The highest BCUT2D eigenvalue weighted by atomic mass is 16.4. The number of hydrogen-bond acceptors (Lipinski definition) is 5. The van der Waals surface area contributed by atoms with Crippen molar-refractivity contribution in [3.63, 3.8) is 0 Å². The van der Waals surface area contributed by atoms with Crippen LogP contribution in [0.1, 0.15) is 33.1 Å². The highest BCUT2D eigenvalue weighted by molar-refractivity contribution is 6.06. The number of carbonyl (C=O) groups excluding carboxylic acids is 1. The molecule has 0 fully saturated rings. The Bertz CT molecular complexity index is 1400. The maximum atomic E-state index is 12.8. The van der Waals surface area contributed by atoms with Gasteiger partial charge in [-0.3, -0.25) is 4.79 Å². The van der Waals surface area contributed by atoms with Crippen LogP contribution in [0.15, 0.2) is 81.6 Å². The SMILES string of the molecule is Cc1ccc2c(C)c(C(=O)Nc3ccc(Cc4nnc(-c5ccccc5)o4)cc3)oc2c1. The molecule has 1 amide bonds. The molecule has 2 aromatic heterocycles. The van der Waals surface area contributed by atoms with E-state index >= 15 is 0 Å². The Morgan fingerprint density at radius 2 is 1.69 bits per heavy atom. The molecular weight excluding hydrogens is 402 g/mol. The number of nitrogens with zero attached hydrogens (tertiary/aromatic N) is 2. The highest BCUT2D eigenvalue weighted by Crippen LogP contribution is 2.27. The molecule has 0 aliphatic rings. The maximum absolute atomic E-state index is 12.8. The van der Waals surface area contributed by atoms with E-state index in [0.717, 1.165) is 33.2 Å². The summed E-state index contributed by atoms with van der Waals surface area (Å²) in [7, 11) is 0. The van der Waals surface area contributed by atoms with E-state index in [1.165, 1.54) is 0 Å². The van der Waals surface area contributed by atoms with E-state index < -0.39 is 0 Å². The minimum Gasteiger partial charge on any atom is -0.451 e. The molecule has 2 heterocycles. The second-order valence-corrected chi connectivity index (χ2v) is 7.75. The normalized spacial score (nSPS) is 11.1. The number of fused-ring (bicyclic) bond motifs is 1. The molecule has 5 rings (SSSR count). The summed E-state index contributed by atoms with van der Waals surface area (Å²) in [4.78, 5) is 12.8. The zero-order valence-corrected chi connectivity index (χ0v) is 17.8. The molecule has 5 aromatic rings. The van der Waals surface area contributed by atoms with Gasteiger partial charge in [-0.25, -0.2) is 0 Å². The summed E-state index contributed by atoms with van der Waals surface area (Å²) in [6, 6.07) is 23.2. The summed E-state index contributed by atoms with van der Waals surface area (Å²) in [5.41, 5.74) is 5.22. The Labute approximate surface area is 184 Å². The fraction of sp³-hybridized carbons (Fsp3) is 0.115. The number of hydrogen-bond donors (Lipinski definition) is 1. The first-order chi connectivity index (χ1) is 15.6. The number of anilines is 1. The van der Waals surface area contributed by atoms with Gasteiger partial charge >= 0.3 is 0 Å². The molecule has 0 saturated carbocycles. The highest BCUT2D eigenvalue weighted by Gasteiger charge is 2.18. The lowest BCUT2D eigenvalue weighted by Gasteiger charge is -2.05. The Morgan fingerprint density at radius 3 is 2.47 bits per heavy atom. The minimum absolute atomic E-state index is 0.270. The maximum Gasteiger partial charge on any atom is 0.291 e. The van der Waals surface area contributed by atoms with Gasteiger partial charge in [-0.05, 0) is 55.3 Å². The molecule has 32 heavy (non-hydrogen) atoms. The molecule has 6 heteroatoms. The zero-order chi connectivity index (χ0) is 22.1. The molecule has 0 aliphatic carbocycles. The van der Waals surface area contributed by atoms with Gasteiger partial charge in [-0.15, -0.1) is 10.2 Å². The lowest BCUT2D eigenvalue weighted by Crippen LogP contribution is -2.12. The lowest BCUT2D eigenvalue weighted by molar-refractivity contribution is 0.0998. The van der Waals surface area contributed by atoms with Gasteiger partial charge in [0.2, 0.25) is 11.8 Å². The van der Waals surface area contributed by atoms with Crippen LogP contribution >= 0.6 is 0 Å². The van der Waals surface area contributed by atoms with Gasteiger partial charge in [0.05, 0.1) is 6.42 Å². The standard InChI is InChI=1S/C26H21N3O3/c1-16-8-13-21-17(2)24(31-22(21)14-16)25(30)27-20-11-9-18(10-12-20)15-23-28-29-26(32-23)19-6-4-3-5-7-19/h3-14H,15H2,1-2H3,(H,27,30). The first kappa shape index (κ1) is 19.8. The van der Waals surface area contributed by atoms with Crippen LogP contribution in [0, 0.1) is 13.8 Å². The summed E-state index contributed by atoms with van der Waals surface area (Å²) in [5.74, 6) is 1.09. The van der Waals surface area contributed by atoms with Crippen LogP contribution in [-0.2, 0) is 6.42 Å². The number of benzene rings is 3. The Hall–Kier alpha value is -4.19. The molecule has 0 bridgehead atoms. The number of aromatic nitrogens is 2. The van der Waals surface area contributed by atoms with E-state index in [2.05, 4.69) is 15.5 Å². The van der Waals surface area contributed by atoms with Crippen molar-refractivity contribution in [3.05, 3.63) is 101 Å². The van der Waals surface area contributed by atoms with Gasteiger partial charge in [0.25, 0.3) is 5.91 Å². The van der Waals surface area contributed by atoms with Crippen LogP contribution < -0.4 is 5.32 Å². The minimum atomic E-state index is -0.270. The first-order valence-corrected chi connectivity index (χ1v) is 10.3. The van der Waals surface area contributed by atoms with E-state index in [-0.39, 0.29) is 5.91 Å². The van der Waals surface area contributed by atoms with Crippen LogP contribution in [-0.4, -0.2) is 16.1 Å². The van der Waals surface area contributed by atoms with Gasteiger partial charge in [-0.1, -0.05) is 42.5 Å². The molecule has 1 N–H and O–H groups in total. The zero-order valence-electron chi connectivity index (χ0n) is 17.8. The van der Waals surface area contributed by atoms with E-state index in [1.807, 2.05) is 86.6 Å². The summed E-state index contributed by atoms with van der Waals surface area (Å²) in [5, 5.41) is 12.1. The fourth-order valence-electron chi connectivity index (χ4n) is 3.64. The Kier molecular flexibility index (Phi) is 5.03. The number of furan rings is 1. The second-order valence-electron chi connectivity index (χ2n) is 7.75.